The Morgan fingerprint density at radius 1 is 1.04 bits per heavy atom. The topological polar surface area (TPSA) is 58.4 Å². The number of hydrogen-bond acceptors (Lipinski definition) is 3. The second-order valence-corrected chi connectivity index (χ2v) is 7.82. The molecule has 7 heteroatoms. The molecule has 0 radical (unpaired) electrons. The lowest BCUT2D eigenvalue weighted by Gasteiger charge is -2.34. The third kappa shape index (κ3) is 4.53. The molecule has 1 aliphatic heterocycles. The van der Waals surface area contributed by atoms with Crippen LogP contribution in [0.15, 0.2) is 36.7 Å². The summed E-state index contributed by atoms with van der Waals surface area (Å²) in [5, 5.41) is 4.28. The van der Waals surface area contributed by atoms with Crippen molar-refractivity contribution in [2.24, 2.45) is 0 Å². The Bertz CT molecular complexity index is 815. The van der Waals surface area contributed by atoms with Gasteiger partial charge in [-0.1, -0.05) is 12.1 Å². The molecular formula is C20H25FN4O2. The van der Waals surface area contributed by atoms with Gasteiger partial charge < -0.3 is 9.80 Å². The molecular weight excluding hydrogens is 347 g/mol. The van der Waals surface area contributed by atoms with Gasteiger partial charge >= 0.3 is 0 Å². The van der Waals surface area contributed by atoms with Crippen molar-refractivity contribution < 1.29 is 14.0 Å². The first-order valence-corrected chi connectivity index (χ1v) is 9.11. The van der Waals surface area contributed by atoms with Crippen LogP contribution in [0.1, 0.15) is 36.7 Å². The molecule has 6 nitrogen and oxygen atoms in total. The van der Waals surface area contributed by atoms with Gasteiger partial charge in [-0.3, -0.25) is 14.3 Å². The highest BCUT2D eigenvalue weighted by Crippen LogP contribution is 2.15. The van der Waals surface area contributed by atoms with Crippen LogP contribution in [0, 0.1) is 5.82 Å². The van der Waals surface area contributed by atoms with Gasteiger partial charge in [0.05, 0.1) is 23.7 Å². The van der Waals surface area contributed by atoms with Crippen molar-refractivity contribution in [3.05, 3.63) is 53.6 Å². The number of piperazine rings is 1. The van der Waals surface area contributed by atoms with E-state index < -0.39 is 0 Å². The van der Waals surface area contributed by atoms with Crippen LogP contribution in [0.2, 0.25) is 0 Å². The minimum absolute atomic E-state index is 0.00532. The maximum absolute atomic E-state index is 13.0. The largest absolute Gasteiger partial charge is 0.339 e. The summed E-state index contributed by atoms with van der Waals surface area (Å²) in [5.74, 6) is -0.376. The van der Waals surface area contributed by atoms with Crippen LogP contribution in [0.25, 0.3) is 0 Å². The molecule has 1 aromatic carbocycles. The third-order valence-electron chi connectivity index (χ3n) is 4.71. The van der Waals surface area contributed by atoms with E-state index in [0.29, 0.717) is 31.7 Å². The lowest BCUT2D eigenvalue weighted by molar-refractivity contribution is -0.131. The Morgan fingerprint density at radius 2 is 1.63 bits per heavy atom. The third-order valence-corrected chi connectivity index (χ3v) is 4.71. The minimum atomic E-state index is -0.312. The summed E-state index contributed by atoms with van der Waals surface area (Å²) in [6, 6.07) is 5.97. The summed E-state index contributed by atoms with van der Waals surface area (Å²) in [6.45, 7) is 8.07. The lowest BCUT2D eigenvalue weighted by Crippen LogP contribution is -2.51. The van der Waals surface area contributed by atoms with E-state index >= 15 is 0 Å². The van der Waals surface area contributed by atoms with Crippen molar-refractivity contribution in [2.45, 2.75) is 32.7 Å². The minimum Gasteiger partial charge on any atom is -0.339 e. The number of amides is 2. The molecule has 0 N–H and O–H groups in total. The van der Waals surface area contributed by atoms with Gasteiger partial charge in [0.2, 0.25) is 5.91 Å². The molecule has 144 valence electrons. The first-order valence-electron chi connectivity index (χ1n) is 9.11. The number of carbonyl (C=O) groups is 2. The van der Waals surface area contributed by atoms with Crippen LogP contribution in [0.5, 0.6) is 0 Å². The van der Waals surface area contributed by atoms with Gasteiger partial charge in [0.1, 0.15) is 5.82 Å². The normalized spacial score (nSPS) is 15.1. The first kappa shape index (κ1) is 19.1. The van der Waals surface area contributed by atoms with Gasteiger partial charge in [0.25, 0.3) is 5.91 Å². The Morgan fingerprint density at radius 3 is 2.19 bits per heavy atom. The van der Waals surface area contributed by atoms with E-state index in [0.717, 1.165) is 5.56 Å². The van der Waals surface area contributed by atoms with E-state index in [1.165, 1.54) is 12.1 Å². The fraction of sp³-hybridized carbons (Fsp3) is 0.450. The van der Waals surface area contributed by atoms with Crippen molar-refractivity contribution >= 4 is 11.8 Å². The Hall–Kier alpha value is -2.70. The zero-order valence-corrected chi connectivity index (χ0v) is 16.0. The molecule has 1 fully saturated rings. The highest BCUT2D eigenvalue weighted by Gasteiger charge is 2.26. The smallest absolute Gasteiger partial charge is 0.257 e. The predicted octanol–water partition coefficient (Wildman–Crippen LogP) is 2.30. The van der Waals surface area contributed by atoms with Crippen molar-refractivity contribution in [1.82, 2.24) is 19.6 Å². The van der Waals surface area contributed by atoms with Gasteiger partial charge in [-0.25, -0.2) is 4.39 Å². The molecule has 1 saturated heterocycles. The van der Waals surface area contributed by atoms with Crippen LogP contribution < -0.4 is 0 Å². The zero-order chi connectivity index (χ0) is 19.6. The maximum Gasteiger partial charge on any atom is 0.257 e. The summed E-state index contributed by atoms with van der Waals surface area (Å²) >= 11 is 0. The van der Waals surface area contributed by atoms with Gasteiger partial charge in [-0.05, 0) is 38.5 Å². The lowest BCUT2D eigenvalue weighted by atomic mass is 10.1. The predicted molar refractivity (Wildman–Crippen MR) is 99.8 cm³/mol. The number of benzene rings is 1. The van der Waals surface area contributed by atoms with E-state index in [1.54, 1.807) is 39.0 Å². The van der Waals surface area contributed by atoms with Crippen molar-refractivity contribution in [2.75, 3.05) is 26.2 Å². The van der Waals surface area contributed by atoms with E-state index in [2.05, 4.69) is 5.10 Å². The van der Waals surface area contributed by atoms with Gasteiger partial charge in [0, 0.05) is 32.4 Å². The summed E-state index contributed by atoms with van der Waals surface area (Å²) in [5.41, 5.74) is 1.18. The Labute approximate surface area is 158 Å². The average molecular weight is 372 g/mol. The molecule has 1 aromatic heterocycles. The van der Waals surface area contributed by atoms with Crippen LogP contribution in [0.3, 0.4) is 0 Å². The molecule has 0 spiro atoms. The summed E-state index contributed by atoms with van der Waals surface area (Å²) in [7, 11) is 0. The molecule has 3 rings (SSSR count). The van der Waals surface area contributed by atoms with Gasteiger partial charge in [-0.2, -0.15) is 5.10 Å². The second kappa shape index (κ2) is 7.50. The highest BCUT2D eigenvalue weighted by atomic mass is 19.1. The summed E-state index contributed by atoms with van der Waals surface area (Å²) < 4.78 is 14.7. The number of carbonyl (C=O) groups excluding carboxylic acids is 2. The van der Waals surface area contributed by atoms with E-state index in [1.807, 2.05) is 20.8 Å². The highest BCUT2D eigenvalue weighted by molar-refractivity contribution is 5.94. The average Bonchev–Trinajstić information content (AvgIpc) is 3.14. The molecule has 0 bridgehead atoms. The molecule has 0 saturated carbocycles. The van der Waals surface area contributed by atoms with E-state index in [9.17, 15) is 14.0 Å². The standard InChI is InChI=1S/C20H25FN4O2/c1-20(2,3)25-14-16(13-22-25)19(27)24-10-8-23(9-11-24)18(26)12-15-4-6-17(21)7-5-15/h4-7,13-14H,8-12H2,1-3H3. The SMILES string of the molecule is CC(C)(C)n1cc(C(=O)N2CCN(C(=O)Cc3ccc(F)cc3)CC2)cn1. The molecule has 2 heterocycles. The quantitative estimate of drug-likeness (QED) is 0.831. The van der Waals surface area contributed by atoms with E-state index in [4.69, 9.17) is 0 Å². The molecule has 27 heavy (non-hydrogen) atoms. The number of nitrogens with zero attached hydrogens (tertiary/aromatic N) is 4. The fourth-order valence-corrected chi connectivity index (χ4v) is 3.03. The second-order valence-electron chi connectivity index (χ2n) is 7.82. The van der Waals surface area contributed by atoms with Crippen molar-refractivity contribution in [3.8, 4) is 0 Å². The summed E-state index contributed by atoms with van der Waals surface area (Å²) in [6.07, 6.45) is 3.61. The van der Waals surface area contributed by atoms with Crippen LogP contribution in [-0.4, -0.2) is 57.6 Å². The molecule has 0 aliphatic carbocycles. The molecule has 0 atom stereocenters. The summed E-state index contributed by atoms with van der Waals surface area (Å²) in [4.78, 5) is 28.6. The molecule has 0 unspecified atom stereocenters. The van der Waals surface area contributed by atoms with E-state index in [-0.39, 0.29) is 29.6 Å². The number of halogens is 1. The van der Waals surface area contributed by atoms with Crippen LogP contribution in [-0.2, 0) is 16.8 Å². The monoisotopic (exact) mass is 372 g/mol. The number of hydrogen-bond donors (Lipinski definition) is 0. The molecule has 2 aromatic rings. The molecule has 1 aliphatic rings. The van der Waals surface area contributed by atoms with Gasteiger partial charge in [-0.15, -0.1) is 0 Å². The maximum atomic E-state index is 13.0. The van der Waals surface area contributed by atoms with Gasteiger partial charge in [0.15, 0.2) is 0 Å². The van der Waals surface area contributed by atoms with Crippen molar-refractivity contribution in [3.63, 3.8) is 0 Å². The number of rotatable bonds is 3. The Balaban J connectivity index is 1.55. The number of aromatic nitrogens is 2. The first-order chi connectivity index (χ1) is 12.7. The van der Waals surface area contributed by atoms with Crippen LogP contribution >= 0.6 is 0 Å². The van der Waals surface area contributed by atoms with Crippen LogP contribution in [0.4, 0.5) is 4.39 Å². The zero-order valence-electron chi connectivity index (χ0n) is 16.0. The molecule has 2 amide bonds. The Kier molecular flexibility index (Phi) is 5.30. The fourth-order valence-electron chi connectivity index (χ4n) is 3.03. The van der Waals surface area contributed by atoms with Crippen molar-refractivity contribution in [1.29, 1.82) is 0 Å².